The first-order valence-corrected chi connectivity index (χ1v) is 7.33. The van der Waals surface area contributed by atoms with Crippen molar-refractivity contribution in [1.29, 1.82) is 0 Å². The van der Waals surface area contributed by atoms with Gasteiger partial charge in [0, 0.05) is 19.6 Å². The highest BCUT2D eigenvalue weighted by Gasteiger charge is 2.43. The van der Waals surface area contributed by atoms with Crippen molar-refractivity contribution in [1.82, 2.24) is 5.32 Å². The lowest BCUT2D eigenvalue weighted by molar-refractivity contribution is -0.0889. The van der Waals surface area contributed by atoms with Crippen LogP contribution >= 0.6 is 15.9 Å². The Kier molecular flexibility index (Phi) is 5.19. The van der Waals surface area contributed by atoms with Gasteiger partial charge in [0.1, 0.15) is 23.8 Å². The molecule has 1 N–H and O–H groups in total. The molecule has 0 aromatic heterocycles. The summed E-state index contributed by atoms with van der Waals surface area (Å²) in [6, 6.07) is 4.78. The third-order valence-electron chi connectivity index (χ3n) is 3.35. The molecule has 0 amide bonds. The third kappa shape index (κ3) is 3.46. The predicted molar refractivity (Wildman–Crippen MR) is 76.0 cm³/mol. The van der Waals surface area contributed by atoms with E-state index in [1.54, 1.807) is 13.2 Å². The van der Waals surface area contributed by atoms with Gasteiger partial charge in [0.05, 0.1) is 4.47 Å². The molecule has 5 heteroatoms. The van der Waals surface area contributed by atoms with Gasteiger partial charge in [0.25, 0.3) is 0 Å². The maximum absolute atomic E-state index is 13.0. The molecular formula is C14H19BrFNO2. The first kappa shape index (κ1) is 14.8. The van der Waals surface area contributed by atoms with Crippen LogP contribution in [0, 0.1) is 5.82 Å². The molecule has 1 aromatic carbocycles. The summed E-state index contributed by atoms with van der Waals surface area (Å²) < 4.78 is 25.0. The molecule has 2 rings (SSSR count). The van der Waals surface area contributed by atoms with Crippen molar-refractivity contribution in [2.75, 3.05) is 13.7 Å². The molecule has 1 aliphatic rings. The third-order valence-corrected chi connectivity index (χ3v) is 3.97. The number of rotatable bonds is 6. The Morgan fingerprint density at radius 3 is 2.89 bits per heavy atom. The van der Waals surface area contributed by atoms with E-state index in [4.69, 9.17) is 9.47 Å². The van der Waals surface area contributed by atoms with Gasteiger partial charge in [-0.2, -0.15) is 0 Å². The average molecular weight is 332 g/mol. The van der Waals surface area contributed by atoms with Gasteiger partial charge in [-0.3, -0.25) is 0 Å². The highest BCUT2D eigenvalue weighted by Crippen LogP contribution is 2.33. The van der Waals surface area contributed by atoms with Gasteiger partial charge >= 0.3 is 0 Å². The minimum atomic E-state index is -0.279. The van der Waals surface area contributed by atoms with Crippen LogP contribution in [0.3, 0.4) is 0 Å². The number of halogens is 2. The van der Waals surface area contributed by atoms with Gasteiger partial charge in [-0.15, -0.1) is 0 Å². The molecule has 3 nitrogen and oxygen atoms in total. The van der Waals surface area contributed by atoms with Crippen molar-refractivity contribution in [2.24, 2.45) is 0 Å². The maximum Gasteiger partial charge on any atom is 0.134 e. The van der Waals surface area contributed by atoms with Crippen LogP contribution in [0.15, 0.2) is 22.7 Å². The van der Waals surface area contributed by atoms with Gasteiger partial charge in [0.2, 0.25) is 0 Å². The largest absolute Gasteiger partial charge is 0.486 e. The lowest BCUT2D eigenvalue weighted by atomic mass is 9.85. The summed E-state index contributed by atoms with van der Waals surface area (Å²) in [5.74, 6) is 0.376. The molecule has 106 valence electrons. The van der Waals surface area contributed by atoms with Gasteiger partial charge in [-0.05, 0) is 47.1 Å². The predicted octanol–water partition coefficient (Wildman–Crippen LogP) is 3.12. The van der Waals surface area contributed by atoms with E-state index in [0.717, 1.165) is 19.4 Å². The average Bonchev–Trinajstić information content (AvgIpc) is 2.35. The van der Waals surface area contributed by atoms with Gasteiger partial charge < -0.3 is 14.8 Å². The monoisotopic (exact) mass is 331 g/mol. The van der Waals surface area contributed by atoms with E-state index in [2.05, 4.69) is 28.2 Å². The van der Waals surface area contributed by atoms with Crippen molar-refractivity contribution in [3.8, 4) is 5.75 Å². The zero-order valence-corrected chi connectivity index (χ0v) is 12.7. The van der Waals surface area contributed by atoms with Crippen molar-refractivity contribution in [3.05, 3.63) is 28.5 Å². The van der Waals surface area contributed by atoms with Crippen LogP contribution in [0.5, 0.6) is 5.75 Å². The lowest BCUT2D eigenvalue weighted by Gasteiger charge is -2.43. The van der Waals surface area contributed by atoms with E-state index in [-0.39, 0.29) is 18.0 Å². The van der Waals surface area contributed by atoms with E-state index >= 15 is 0 Å². The van der Waals surface area contributed by atoms with E-state index < -0.39 is 0 Å². The molecule has 0 heterocycles. The van der Waals surface area contributed by atoms with Crippen LogP contribution < -0.4 is 10.1 Å². The molecule has 1 saturated carbocycles. The van der Waals surface area contributed by atoms with E-state index in [1.165, 1.54) is 12.1 Å². The topological polar surface area (TPSA) is 30.5 Å². The first-order valence-electron chi connectivity index (χ1n) is 6.53. The summed E-state index contributed by atoms with van der Waals surface area (Å²) >= 11 is 3.31. The molecule has 0 radical (unpaired) electrons. The SMILES string of the molecule is CCCNC1CC(Oc2ccc(F)cc2Br)C1OC. The number of hydrogen-bond acceptors (Lipinski definition) is 3. The number of nitrogens with one attached hydrogen (secondary N) is 1. The van der Waals surface area contributed by atoms with Crippen LogP contribution in [-0.4, -0.2) is 31.9 Å². The molecule has 0 aliphatic heterocycles. The summed E-state index contributed by atoms with van der Waals surface area (Å²) in [6.07, 6.45) is 2.06. The fourth-order valence-electron chi connectivity index (χ4n) is 2.28. The Bertz CT molecular complexity index is 430. The molecule has 1 aromatic rings. The zero-order chi connectivity index (χ0) is 13.8. The second-order valence-electron chi connectivity index (χ2n) is 4.73. The van der Waals surface area contributed by atoms with Crippen molar-refractivity contribution in [2.45, 2.75) is 38.0 Å². The summed E-state index contributed by atoms with van der Waals surface area (Å²) in [6.45, 7) is 3.12. The standard InChI is InChI=1S/C14H19BrFNO2/c1-3-6-17-11-8-13(14(11)18-2)19-12-5-4-9(16)7-10(12)15/h4-5,7,11,13-14,17H,3,6,8H2,1-2H3. The quantitative estimate of drug-likeness (QED) is 0.868. The molecule has 0 saturated heterocycles. The summed E-state index contributed by atoms with van der Waals surface area (Å²) in [5.41, 5.74) is 0. The fraction of sp³-hybridized carbons (Fsp3) is 0.571. The van der Waals surface area contributed by atoms with Gasteiger partial charge in [-0.25, -0.2) is 4.39 Å². The second-order valence-corrected chi connectivity index (χ2v) is 5.58. The number of hydrogen-bond donors (Lipinski definition) is 1. The molecular weight excluding hydrogens is 313 g/mol. The van der Waals surface area contributed by atoms with Crippen LogP contribution in [0.1, 0.15) is 19.8 Å². The fourth-order valence-corrected chi connectivity index (χ4v) is 2.72. The second kappa shape index (κ2) is 6.68. The zero-order valence-electron chi connectivity index (χ0n) is 11.2. The molecule has 3 atom stereocenters. The highest BCUT2D eigenvalue weighted by atomic mass is 79.9. The minimum absolute atomic E-state index is 0.0149. The maximum atomic E-state index is 13.0. The van der Waals surface area contributed by atoms with E-state index in [1.807, 2.05) is 0 Å². The normalized spacial score (nSPS) is 26.0. The Labute approximate surface area is 121 Å². The molecule has 0 spiro atoms. The smallest absolute Gasteiger partial charge is 0.134 e. The molecule has 0 bridgehead atoms. The summed E-state index contributed by atoms with van der Waals surface area (Å²) in [4.78, 5) is 0. The van der Waals surface area contributed by atoms with E-state index in [9.17, 15) is 4.39 Å². The highest BCUT2D eigenvalue weighted by molar-refractivity contribution is 9.10. The van der Waals surface area contributed by atoms with Gasteiger partial charge in [0.15, 0.2) is 0 Å². The van der Waals surface area contributed by atoms with Gasteiger partial charge in [-0.1, -0.05) is 6.92 Å². The summed E-state index contributed by atoms with van der Waals surface area (Å²) in [5, 5.41) is 3.43. The van der Waals surface area contributed by atoms with Crippen LogP contribution in [0.2, 0.25) is 0 Å². The van der Waals surface area contributed by atoms with E-state index in [0.29, 0.717) is 16.3 Å². The Morgan fingerprint density at radius 1 is 1.47 bits per heavy atom. The lowest BCUT2D eigenvalue weighted by Crippen LogP contribution is -2.61. The number of ether oxygens (including phenoxy) is 2. The Hall–Kier alpha value is -0.650. The van der Waals surface area contributed by atoms with Crippen LogP contribution in [-0.2, 0) is 4.74 Å². The van der Waals surface area contributed by atoms with Crippen LogP contribution in [0.25, 0.3) is 0 Å². The minimum Gasteiger partial charge on any atom is -0.486 e. The number of benzene rings is 1. The Morgan fingerprint density at radius 2 is 2.26 bits per heavy atom. The number of methoxy groups -OCH3 is 1. The molecule has 3 unspecified atom stereocenters. The molecule has 19 heavy (non-hydrogen) atoms. The van der Waals surface area contributed by atoms with Crippen molar-refractivity contribution >= 4 is 15.9 Å². The Balaban J connectivity index is 1.93. The first-order chi connectivity index (χ1) is 9.15. The molecule has 1 fully saturated rings. The summed E-state index contributed by atoms with van der Waals surface area (Å²) in [7, 11) is 1.69. The van der Waals surface area contributed by atoms with Crippen molar-refractivity contribution in [3.63, 3.8) is 0 Å². The molecule has 1 aliphatic carbocycles. The van der Waals surface area contributed by atoms with Crippen molar-refractivity contribution < 1.29 is 13.9 Å². The van der Waals surface area contributed by atoms with Crippen LogP contribution in [0.4, 0.5) is 4.39 Å².